The molecule has 0 radical (unpaired) electrons. The maximum atomic E-state index is 13.8. The average molecular weight is 463 g/mol. The fourth-order valence-electron chi connectivity index (χ4n) is 3.94. The van der Waals surface area contributed by atoms with Crippen molar-refractivity contribution in [2.45, 2.75) is 86.1 Å². The van der Waals surface area contributed by atoms with Gasteiger partial charge < -0.3 is 21.3 Å². The Kier molecular flexibility index (Phi) is 11.2. The number of aromatic nitrogens is 2. The number of anilines is 1. The molecule has 1 aromatic rings. The summed E-state index contributed by atoms with van der Waals surface area (Å²) in [6.45, 7) is 15.1. The van der Waals surface area contributed by atoms with E-state index in [2.05, 4.69) is 57.2 Å². The van der Waals surface area contributed by atoms with E-state index in [0.29, 0.717) is 43.3 Å². The Morgan fingerprint density at radius 1 is 1.27 bits per heavy atom. The summed E-state index contributed by atoms with van der Waals surface area (Å²) in [7, 11) is 0. The fourth-order valence-corrected chi connectivity index (χ4v) is 3.94. The minimum atomic E-state index is -0.324. The van der Waals surface area contributed by atoms with Crippen LogP contribution in [-0.4, -0.2) is 58.9 Å². The molecule has 1 aliphatic heterocycles. The van der Waals surface area contributed by atoms with Crippen molar-refractivity contribution in [2.75, 3.05) is 31.5 Å². The number of hydrogen-bond acceptors (Lipinski definition) is 6. The summed E-state index contributed by atoms with van der Waals surface area (Å²) in [4.78, 5) is 36.7. The van der Waals surface area contributed by atoms with Gasteiger partial charge >= 0.3 is 0 Å². The van der Waals surface area contributed by atoms with Crippen molar-refractivity contribution in [3.8, 4) is 0 Å². The van der Waals surface area contributed by atoms with Crippen LogP contribution in [0, 0.1) is 11.8 Å². The molecule has 188 valence electrons. The topological polar surface area (TPSA) is 113 Å². The van der Waals surface area contributed by atoms with Crippen molar-refractivity contribution < 1.29 is 9.59 Å². The van der Waals surface area contributed by atoms with Gasteiger partial charge in [-0.2, -0.15) is 0 Å². The van der Waals surface area contributed by atoms with Crippen LogP contribution >= 0.6 is 0 Å². The van der Waals surface area contributed by atoms with Crippen LogP contribution < -0.4 is 16.4 Å². The van der Waals surface area contributed by atoms with E-state index in [4.69, 9.17) is 10.7 Å². The molecule has 2 amide bonds. The van der Waals surface area contributed by atoms with Gasteiger partial charge in [0.25, 0.3) is 5.91 Å². The van der Waals surface area contributed by atoms with Crippen LogP contribution in [-0.2, 0) is 10.2 Å². The minimum absolute atomic E-state index is 0. The zero-order valence-corrected chi connectivity index (χ0v) is 20.7. The van der Waals surface area contributed by atoms with Crippen LogP contribution in [0.3, 0.4) is 0 Å². The van der Waals surface area contributed by atoms with Crippen molar-refractivity contribution in [1.82, 2.24) is 20.2 Å². The predicted octanol–water partition coefficient (Wildman–Crippen LogP) is 3.57. The standard InChI is InChI=1S/C24H42N6O2.CH4/c1-7-8-9-10-27-21-19(14-28-23(29-21)24(4,5)6)22(32)30(15-16(2)3)18-11-17(20(25)31)12-26-13-18;/h14,16-18,26H,7-13,15H2,1-6H3,(H2,25,31)(H,27,28,29);1H4/t17-,18+;/m1./s1. The first-order valence-electron chi connectivity index (χ1n) is 12.0. The van der Waals surface area contributed by atoms with Crippen molar-refractivity contribution in [3.05, 3.63) is 17.6 Å². The van der Waals surface area contributed by atoms with Crippen molar-refractivity contribution in [1.29, 1.82) is 0 Å². The summed E-state index contributed by atoms with van der Waals surface area (Å²) in [5.41, 5.74) is 5.83. The zero-order chi connectivity index (χ0) is 23.9. The minimum Gasteiger partial charge on any atom is -0.369 e. The lowest BCUT2D eigenvalue weighted by Crippen LogP contribution is -2.54. The number of nitrogens with zero attached hydrogens (tertiary/aromatic N) is 3. The molecule has 1 saturated heterocycles. The normalized spacial score (nSPS) is 18.5. The number of piperidine rings is 1. The largest absolute Gasteiger partial charge is 0.369 e. The quantitative estimate of drug-likeness (QED) is 0.458. The van der Waals surface area contributed by atoms with E-state index in [1.54, 1.807) is 6.20 Å². The second-order valence-electron chi connectivity index (χ2n) is 10.3. The van der Waals surface area contributed by atoms with Crippen LogP contribution in [0.15, 0.2) is 6.20 Å². The third-order valence-corrected chi connectivity index (χ3v) is 5.76. The van der Waals surface area contributed by atoms with E-state index >= 15 is 0 Å². The Morgan fingerprint density at radius 2 is 1.97 bits per heavy atom. The average Bonchev–Trinajstić information content (AvgIpc) is 2.73. The highest BCUT2D eigenvalue weighted by Gasteiger charge is 2.34. The van der Waals surface area contributed by atoms with Crippen molar-refractivity contribution in [3.63, 3.8) is 0 Å². The van der Waals surface area contributed by atoms with Gasteiger partial charge in [-0.05, 0) is 18.8 Å². The lowest BCUT2D eigenvalue weighted by atomic mass is 9.93. The third kappa shape index (κ3) is 8.25. The van der Waals surface area contributed by atoms with E-state index < -0.39 is 0 Å². The molecule has 1 aromatic heterocycles. The Bertz CT molecular complexity index is 775. The zero-order valence-electron chi connectivity index (χ0n) is 20.7. The Morgan fingerprint density at radius 3 is 2.55 bits per heavy atom. The summed E-state index contributed by atoms with van der Waals surface area (Å²) < 4.78 is 0. The number of rotatable bonds is 10. The maximum absolute atomic E-state index is 13.8. The second-order valence-corrected chi connectivity index (χ2v) is 10.3. The summed E-state index contributed by atoms with van der Waals surface area (Å²) in [6.07, 6.45) is 5.49. The molecule has 8 heteroatoms. The fraction of sp³-hybridized carbons (Fsp3) is 0.760. The van der Waals surface area contributed by atoms with E-state index in [1.807, 2.05) is 4.90 Å². The smallest absolute Gasteiger partial charge is 0.259 e. The summed E-state index contributed by atoms with van der Waals surface area (Å²) >= 11 is 0. The first-order valence-corrected chi connectivity index (χ1v) is 12.0. The van der Waals surface area contributed by atoms with Crippen LogP contribution in [0.25, 0.3) is 0 Å². The number of amides is 2. The van der Waals surface area contributed by atoms with Gasteiger partial charge in [-0.1, -0.05) is 61.8 Å². The Balaban J connectivity index is 0.00000544. The first-order chi connectivity index (χ1) is 15.0. The van der Waals surface area contributed by atoms with Gasteiger partial charge in [-0.3, -0.25) is 9.59 Å². The van der Waals surface area contributed by atoms with Crippen LogP contribution in [0.2, 0.25) is 0 Å². The molecule has 2 atom stereocenters. The van der Waals surface area contributed by atoms with Gasteiger partial charge in [0.05, 0.1) is 5.92 Å². The van der Waals surface area contributed by atoms with E-state index in [-0.39, 0.29) is 42.5 Å². The van der Waals surface area contributed by atoms with Gasteiger partial charge in [0.15, 0.2) is 0 Å². The summed E-state index contributed by atoms with van der Waals surface area (Å²) in [5, 5.41) is 6.67. The Labute approximate surface area is 200 Å². The van der Waals surface area contributed by atoms with Crippen LogP contribution in [0.4, 0.5) is 5.82 Å². The highest BCUT2D eigenvalue weighted by atomic mass is 16.2. The monoisotopic (exact) mass is 462 g/mol. The molecule has 1 aliphatic rings. The van der Waals surface area contributed by atoms with Gasteiger partial charge in [0, 0.05) is 43.8 Å². The number of unbranched alkanes of at least 4 members (excludes halogenated alkanes) is 2. The molecule has 0 unspecified atom stereocenters. The molecule has 0 spiro atoms. The second kappa shape index (κ2) is 12.9. The number of primary amides is 1. The number of nitrogens with one attached hydrogen (secondary N) is 2. The van der Waals surface area contributed by atoms with Crippen molar-refractivity contribution >= 4 is 17.6 Å². The molecular formula is C25H46N6O2. The van der Waals surface area contributed by atoms with E-state index in [1.165, 1.54) is 0 Å². The molecule has 8 nitrogen and oxygen atoms in total. The number of carbonyl (C=O) groups is 2. The van der Waals surface area contributed by atoms with Gasteiger partial charge in [-0.25, -0.2) is 9.97 Å². The highest BCUT2D eigenvalue weighted by molar-refractivity contribution is 5.98. The SMILES string of the molecule is C.CCCCCNc1nc(C(C)(C)C)ncc1C(=O)N(CC(C)C)[C@@H]1CNC[C@H](C(N)=O)C1. The van der Waals surface area contributed by atoms with E-state index in [9.17, 15) is 9.59 Å². The van der Waals surface area contributed by atoms with E-state index in [0.717, 1.165) is 25.8 Å². The predicted molar refractivity (Wildman–Crippen MR) is 135 cm³/mol. The summed E-state index contributed by atoms with van der Waals surface area (Å²) in [5.74, 6) is 0.876. The molecule has 4 N–H and O–H groups in total. The van der Waals surface area contributed by atoms with Gasteiger partial charge in [0.1, 0.15) is 17.2 Å². The molecule has 0 aliphatic carbocycles. The van der Waals surface area contributed by atoms with Crippen LogP contribution in [0.1, 0.15) is 90.8 Å². The van der Waals surface area contributed by atoms with Crippen LogP contribution in [0.5, 0.6) is 0 Å². The Hall–Kier alpha value is -2.22. The molecule has 0 saturated carbocycles. The van der Waals surface area contributed by atoms with Gasteiger partial charge in [-0.15, -0.1) is 0 Å². The summed E-state index contributed by atoms with van der Waals surface area (Å²) in [6, 6.07) is -0.105. The molecule has 0 aromatic carbocycles. The van der Waals surface area contributed by atoms with Gasteiger partial charge in [0.2, 0.25) is 5.91 Å². The molecular weight excluding hydrogens is 416 g/mol. The number of carbonyl (C=O) groups excluding carboxylic acids is 2. The first kappa shape index (κ1) is 28.8. The third-order valence-electron chi connectivity index (χ3n) is 5.76. The molecule has 2 heterocycles. The molecule has 2 rings (SSSR count). The highest BCUT2D eigenvalue weighted by Crippen LogP contribution is 2.25. The van der Waals surface area contributed by atoms with Crippen molar-refractivity contribution in [2.24, 2.45) is 17.6 Å². The molecule has 33 heavy (non-hydrogen) atoms. The molecule has 1 fully saturated rings. The number of hydrogen-bond donors (Lipinski definition) is 3. The maximum Gasteiger partial charge on any atom is 0.259 e. The lowest BCUT2D eigenvalue weighted by Gasteiger charge is -2.38. The lowest BCUT2D eigenvalue weighted by molar-refractivity contribution is -0.122. The molecule has 0 bridgehead atoms. The number of nitrogens with two attached hydrogens (primary N) is 1.